The number of hydrogen-bond acceptors (Lipinski definition) is 5. The van der Waals surface area contributed by atoms with E-state index in [0.29, 0.717) is 12.1 Å². The van der Waals surface area contributed by atoms with E-state index in [2.05, 4.69) is 15.4 Å². The van der Waals surface area contributed by atoms with Crippen LogP contribution in [0, 0.1) is 0 Å². The van der Waals surface area contributed by atoms with Crippen LogP contribution < -0.4 is 15.4 Å². The molecule has 1 aromatic carbocycles. The number of nitrogens with one attached hydrogen (secondary N) is 3. The lowest BCUT2D eigenvalue weighted by molar-refractivity contribution is -0.117. The fourth-order valence-corrected chi connectivity index (χ4v) is 4.26. The number of carbonyl (C=O) groups is 1. The first kappa shape index (κ1) is 17.3. The minimum absolute atomic E-state index is 0.136. The molecular formula is C14H21N3O3S2. The highest BCUT2D eigenvalue weighted by Gasteiger charge is 2.23. The normalized spacial score (nSPS) is 19.8. The van der Waals surface area contributed by atoms with E-state index in [1.165, 1.54) is 12.1 Å². The Labute approximate surface area is 135 Å². The van der Waals surface area contributed by atoms with Gasteiger partial charge in [0, 0.05) is 23.4 Å². The Morgan fingerprint density at radius 2 is 2.27 bits per heavy atom. The summed E-state index contributed by atoms with van der Waals surface area (Å²) in [6, 6.07) is 5.93. The molecular weight excluding hydrogens is 322 g/mol. The Balaban J connectivity index is 2.10. The maximum atomic E-state index is 12.3. The molecule has 8 heteroatoms. The monoisotopic (exact) mass is 343 g/mol. The molecule has 1 heterocycles. The van der Waals surface area contributed by atoms with Crippen LogP contribution in [-0.4, -0.2) is 38.0 Å². The van der Waals surface area contributed by atoms with Gasteiger partial charge in [0.05, 0.1) is 10.9 Å². The Hall–Kier alpha value is -1.09. The van der Waals surface area contributed by atoms with Crippen molar-refractivity contribution >= 4 is 33.4 Å². The van der Waals surface area contributed by atoms with E-state index < -0.39 is 10.0 Å². The molecule has 1 fully saturated rings. The molecule has 0 radical (unpaired) electrons. The van der Waals surface area contributed by atoms with Crippen LogP contribution in [0.4, 0.5) is 5.69 Å². The zero-order chi connectivity index (χ0) is 16.2. The summed E-state index contributed by atoms with van der Waals surface area (Å²) in [5.74, 6) is 1.33. The molecule has 3 N–H and O–H groups in total. The highest BCUT2D eigenvalue weighted by atomic mass is 32.2. The highest BCUT2D eigenvalue weighted by Crippen LogP contribution is 2.17. The van der Waals surface area contributed by atoms with Crippen LogP contribution in [0.5, 0.6) is 0 Å². The topological polar surface area (TPSA) is 87.3 Å². The van der Waals surface area contributed by atoms with Crippen LogP contribution >= 0.6 is 11.8 Å². The summed E-state index contributed by atoms with van der Waals surface area (Å²) in [5, 5.41) is 5.83. The second kappa shape index (κ2) is 7.45. The maximum absolute atomic E-state index is 12.3. The van der Waals surface area contributed by atoms with E-state index in [0.717, 1.165) is 11.6 Å². The smallest absolute Gasteiger partial charge is 0.242 e. The van der Waals surface area contributed by atoms with Crippen molar-refractivity contribution in [2.45, 2.75) is 37.2 Å². The summed E-state index contributed by atoms with van der Waals surface area (Å²) in [7, 11) is -3.57. The molecule has 0 spiro atoms. The Morgan fingerprint density at radius 1 is 1.50 bits per heavy atom. The van der Waals surface area contributed by atoms with Crippen molar-refractivity contribution in [3.8, 4) is 0 Å². The number of benzene rings is 1. The number of carbonyl (C=O) groups excluding carboxylic acids is 1. The van der Waals surface area contributed by atoms with E-state index in [4.69, 9.17) is 0 Å². The maximum Gasteiger partial charge on any atom is 0.242 e. The van der Waals surface area contributed by atoms with Gasteiger partial charge >= 0.3 is 0 Å². The van der Waals surface area contributed by atoms with Gasteiger partial charge in [0.15, 0.2) is 0 Å². The number of rotatable bonds is 6. The number of hydrogen-bond donors (Lipinski definition) is 3. The summed E-state index contributed by atoms with van der Waals surface area (Å²) in [6.45, 7) is 3.73. The van der Waals surface area contributed by atoms with Crippen molar-refractivity contribution in [2.75, 3.05) is 16.9 Å². The highest BCUT2D eigenvalue weighted by molar-refractivity contribution is 7.99. The lowest BCUT2D eigenvalue weighted by Crippen LogP contribution is -2.37. The molecule has 2 unspecified atom stereocenters. The second-order valence-corrected chi connectivity index (χ2v) is 7.96. The fraction of sp³-hybridized carbons (Fsp3) is 0.500. The zero-order valence-electron chi connectivity index (χ0n) is 12.6. The lowest BCUT2D eigenvalue weighted by Gasteiger charge is -2.14. The largest absolute Gasteiger partial charge is 0.325 e. The van der Waals surface area contributed by atoms with Gasteiger partial charge in [-0.25, -0.2) is 13.1 Å². The molecule has 1 aromatic rings. The van der Waals surface area contributed by atoms with Crippen molar-refractivity contribution in [1.29, 1.82) is 0 Å². The van der Waals surface area contributed by atoms with Gasteiger partial charge in [-0.2, -0.15) is 0 Å². The molecule has 22 heavy (non-hydrogen) atoms. The fourth-order valence-electron chi connectivity index (χ4n) is 1.95. The van der Waals surface area contributed by atoms with E-state index in [1.54, 1.807) is 23.9 Å². The molecule has 2 atom stereocenters. The van der Waals surface area contributed by atoms with Gasteiger partial charge in [0.2, 0.25) is 15.9 Å². The first-order valence-corrected chi connectivity index (χ1v) is 9.80. The van der Waals surface area contributed by atoms with Gasteiger partial charge in [-0.05, 0) is 31.5 Å². The predicted molar refractivity (Wildman–Crippen MR) is 89.4 cm³/mol. The SMILES string of the molecule is CCC(C)NS(=O)(=O)c1cccc(NC(=O)C2CSCN2)c1. The first-order chi connectivity index (χ1) is 10.4. The molecule has 1 amide bonds. The molecule has 0 saturated carbocycles. The number of anilines is 1. The van der Waals surface area contributed by atoms with Crippen LogP contribution in [-0.2, 0) is 14.8 Å². The van der Waals surface area contributed by atoms with Crippen LogP contribution in [0.2, 0.25) is 0 Å². The van der Waals surface area contributed by atoms with Crippen LogP contribution in [0.3, 0.4) is 0 Å². The van der Waals surface area contributed by atoms with Gasteiger partial charge < -0.3 is 5.32 Å². The minimum Gasteiger partial charge on any atom is -0.325 e. The van der Waals surface area contributed by atoms with Gasteiger partial charge in [-0.1, -0.05) is 13.0 Å². The second-order valence-electron chi connectivity index (χ2n) is 5.22. The van der Waals surface area contributed by atoms with E-state index in [1.807, 2.05) is 13.8 Å². The summed E-state index contributed by atoms with van der Waals surface area (Å²) in [6.07, 6.45) is 0.709. The lowest BCUT2D eigenvalue weighted by atomic mass is 10.2. The molecule has 0 aromatic heterocycles. The van der Waals surface area contributed by atoms with E-state index in [-0.39, 0.29) is 22.9 Å². The minimum atomic E-state index is -3.57. The average Bonchev–Trinajstić information content (AvgIpc) is 3.01. The quantitative estimate of drug-likeness (QED) is 0.726. The van der Waals surface area contributed by atoms with Gasteiger partial charge in [0.1, 0.15) is 0 Å². The van der Waals surface area contributed by atoms with Crippen molar-refractivity contribution in [2.24, 2.45) is 0 Å². The van der Waals surface area contributed by atoms with Gasteiger partial charge in [-0.3, -0.25) is 10.1 Å². The van der Waals surface area contributed by atoms with Crippen molar-refractivity contribution in [1.82, 2.24) is 10.0 Å². The Bertz CT molecular complexity index is 628. The average molecular weight is 343 g/mol. The standard InChI is InChI=1S/C14H21N3O3S2/c1-3-10(2)17-22(19,20)12-6-4-5-11(7-12)16-14(18)13-8-21-9-15-13/h4-7,10,13,15,17H,3,8-9H2,1-2H3,(H,16,18). The third-order valence-corrected chi connectivity index (χ3v) is 5.94. The van der Waals surface area contributed by atoms with E-state index in [9.17, 15) is 13.2 Å². The van der Waals surface area contributed by atoms with Gasteiger partial charge in [-0.15, -0.1) is 11.8 Å². The molecule has 1 aliphatic heterocycles. The van der Waals surface area contributed by atoms with Crippen LogP contribution in [0.1, 0.15) is 20.3 Å². The predicted octanol–water partition coefficient (Wildman–Crippen LogP) is 1.36. The summed E-state index contributed by atoms with van der Waals surface area (Å²) in [5.41, 5.74) is 0.482. The van der Waals surface area contributed by atoms with Crippen molar-refractivity contribution in [3.63, 3.8) is 0 Å². The third kappa shape index (κ3) is 4.45. The Morgan fingerprint density at radius 3 is 2.91 bits per heavy atom. The van der Waals surface area contributed by atoms with Crippen LogP contribution in [0.25, 0.3) is 0 Å². The molecule has 6 nitrogen and oxygen atoms in total. The zero-order valence-corrected chi connectivity index (χ0v) is 14.3. The van der Waals surface area contributed by atoms with E-state index >= 15 is 0 Å². The first-order valence-electron chi connectivity index (χ1n) is 7.16. The number of amides is 1. The van der Waals surface area contributed by atoms with Crippen LogP contribution in [0.15, 0.2) is 29.2 Å². The molecule has 0 bridgehead atoms. The third-order valence-electron chi connectivity index (χ3n) is 3.41. The summed E-state index contributed by atoms with van der Waals surface area (Å²) in [4.78, 5) is 12.2. The number of thioether (sulfide) groups is 1. The van der Waals surface area contributed by atoms with Crippen molar-refractivity contribution < 1.29 is 13.2 Å². The summed E-state index contributed by atoms with van der Waals surface area (Å²) < 4.78 is 27.1. The summed E-state index contributed by atoms with van der Waals surface area (Å²) >= 11 is 1.66. The molecule has 2 rings (SSSR count). The Kier molecular flexibility index (Phi) is 5.85. The molecule has 122 valence electrons. The van der Waals surface area contributed by atoms with Gasteiger partial charge in [0.25, 0.3) is 0 Å². The molecule has 1 saturated heterocycles. The molecule has 0 aliphatic carbocycles. The van der Waals surface area contributed by atoms with Crippen molar-refractivity contribution in [3.05, 3.63) is 24.3 Å². The molecule has 1 aliphatic rings. The number of sulfonamides is 1.